The summed E-state index contributed by atoms with van der Waals surface area (Å²) in [6.07, 6.45) is 5.47. The van der Waals surface area contributed by atoms with Crippen molar-refractivity contribution in [2.24, 2.45) is 12.9 Å². The number of hydrogen-bond donors (Lipinski definition) is 4. The van der Waals surface area contributed by atoms with Gasteiger partial charge in [0.05, 0.1) is 24.1 Å². The van der Waals surface area contributed by atoms with E-state index in [1.807, 2.05) is 37.5 Å². The molecule has 5 N–H and O–H groups in total. The first-order chi connectivity index (χ1) is 12.2. The van der Waals surface area contributed by atoms with E-state index < -0.39 is 0 Å². The molecule has 8 heteroatoms. The predicted octanol–water partition coefficient (Wildman–Crippen LogP) is 2.26. The van der Waals surface area contributed by atoms with Gasteiger partial charge in [0, 0.05) is 36.1 Å². The van der Waals surface area contributed by atoms with Crippen molar-refractivity contribution in [2.45, 2.75) is 6.54 Å². The van der Waals surface area contributed by atoms with E-state index in [1.165, 1.54) is 0 Å². The van der Waals surface area contributed by atoms with Crippen LogP contribution in [0.2, 0.25) is 0 Å². The van der Waals surface area contributed by atoms with Gasteiger partial charge in [-0.25, -0.2) is 9.97 Å². The maximum atomic E-state index is 5.61. The highest BCUT2D eigenvalue weighted by atomic mass is 15.2. The number of nitrogens with zero attached hydrogens (tertiary/aromatic N) is 4. The second kappa shape index (κ2) is 6.25. The third kappa shape index (κ3) is 3.02. The van der Waals surface area contributed by atoms with Crippen molar-refractivity contribution >= 4 is 22.5 Å². The maximum Gasteiger partial charge on any atom is 0.151 e. The summed E-state index contributed by atoms with van der Waals surface area (Å²) in [5, 5.41) is 8.58. The lowest BCUT2D eigenvalue weighted by atomic mass is 10.2. The van der Waals surface area contributed by atoms with Crippen LogP contribution in [0.15, 0.2) is 48.9 Å². The van der Waals surface area contributed by atoms with Gasteiger partial charge in [0.15, 0.2) is 5.82 Å². The van der Waals surface area contributed by atoms with Crippen molar-refractivity contribution in [3.63, 3.8) is 0 Å². The van der Waals surface area contributed by atoms with Gasteiger partial charge >= 0.3 is 0 Å². The molecule has 0 saturated carbocycles. The van der Waals surface area contributed by atoms with Gasteiger partial charge in [-0.3, -0.25) is 10.5 Å². The van der Waals surface area contributed by atoms with E-state index in [9.17, 15) is 0 Å². The molecule has 0 fully saturated rings. The molecule has 0 aliphatic rings. The number of fused-ring (bicyclic) bond motifs is 1. The lowest BCUT2D eigenvalue weighted by molar-refractivity contribution is 0.768. The van der Waals surface area contributed by atoms with E-state index in [2.05, 4.69) is 36.9 Å². The zero-order valence-corrected chi connectivity index (χ0v) is 13.7. The summed E-state index contributed by atoms with van der Waals surface area (Å²) in [6, 6.07) is 9.81. The fourth-order valence-electron chi connectivity index (χ4n) is 2.71. The second-order valence-corrected chi connectivity index (χ2v) is 5.73. The molecule has 0 atom stereocenters. The van der Waals surface area contributed by atoms with Crippen molar-refractivity contribution in [1.29, 1.82) is 0 Å². The Morgan fingerprint density at radius 1 is 1.28 bits per heavy atom. The van der Waals surface area contributed by atoms with Crippen LogP contribution in [0.1, 0.15) is 5.69 Å². The number of H-pyrrole nitrogens is 1. The van der Waals surface area contributed by atoms with Gasteiger partial charge in [-0.05, 0) is 30.3 Å². The molecule has 0 radical (unpaired) electrons. The standard InChI is InChI=1S/C17H18N8/c1-25-10-12(8-21-25)14-4-5-15(24-18)17(23-14)20-9-13-7-11-3-2-6-19-16(11)22-13/h2-8,10,24H,9,18H2,1H3,(H,19,22)(H,20,23). The molecule has 4 aromatic heterocycles. The lowest BCUT2D eigenvalue weighted by Gasteiger charge is -2.11. The first-order valence-electron chi connectivity index (χ1n) is 7.86. The molecule has 0 saturated heterocycles. The quantitative estimate of drug-likeness (QED) is 0.329. The van der Waals surface area contributed by atoms with Crippen LogP contribution in [0.4, 0.5) is 11.5 Å². The fourth-order valence-corrected chi connectivity index (χ4v) is 2.71. The summed E-state index contributed by atoms with van der Waals surface area (Å²) in [4.78, 5) is 12.3. The molecule has 4 rings (SSSR count). The van der Waals surface area contributed by atoms with Gasteiger partial charge in [-0.1, -0.05) is 0 Å². The lowest BCUT2D eigenvalue weighted by Crippen LogP contribution is -2.12. The monoisotopic (exact) mass is 334 g/mol. The highest BCUT2D eigenvalue weighted by Crippen LogP contribution is 2.25. The number of hydrogen-bond acceptors (Lipinski definition) is 6. The van der Waals surface area contributed by atoms with E-state index in [0.29, 0.717) is 12.4 Å². The van der Waals surface area contributed by atoms with Crippen molar-refractivity contribution in [3.05, 3.63) is 54.6 Å². The Bertz CT molecular complexity index is 983. The maximum absolute atomic E-state index is 5.61. The van der Waals surface area contributed by atoms with E-state index >= 15 is 0 Å². The van der Waals surface area contributed by atoms with Crippen molar-refractivity contribution < 1.29 is 0 Å². The summed E-state index contributed by atoms with van der Waals surface area (Å²) < 4.78 is 1.75. The average molecular weight is 334 g/mol. The highest BCUT2D eigenvalue weighted by Gasteiger charge is 2.09. The number of aromatic nitrogens is 5. The molecular formula is C17H18N8. The summed E-state index contributed by atoms with van der Waals surface area (Å²) in [6.45, 7) is 0.578. The van der Waals surface area contributed by atoms with Crippen LogP contribution in [0, 0.1) is 0 Å². The largest absolute Gasteiger partial charge is 0.363 e. The van der Waals surface area contributed by atoms with Gasteiger partial charge in [0.1, 0.15) is 5.65 Å². The van der Waals surface area contributed by atoms with Crippen LogP contribution in [0.3, 0.4) is 0 Å². The van der Waals surface area contributed by atoms with Gasteiger partial charge < -0.3 is 15.7 Å². The molecular weight excluding hydrogens is 316 g/mol. The van der Waals surface area contributed by atoms with Crippen LogP contribution in [-0.2, 0) is 13.6 Å². The van der Waals surface area contributed by atoms with Crippen LogP contribution < -0.4 is 16.6 Å². The molecule has 0 aliphatic carbocycles. The smallest absolute Gasteiger partial charge is 0.151 e. The number of anilines is 2. The Labute approximate surface area is 144 Å². The normalized spacial score (nSPS) is 11.0. The number of nitrogens with two attached hydrogens (primary N) is 1. The van der Waals surface area contributed by atoms with Gasteiger partial charge in [0.25, 0.3) is 0 Å². The Hall–Kier alpha value is -3.39. The highest BCUT2D eigenvalue weighted by molar-refractivity contribution is 5.76. The minimum absolute atomic E-state index is 0.578. The number of pyridine rings is 2. The van der Waals surface area contributed by atoms with E-state index in [4.69, 9.17) is 5.84 Å². The molecule has 0 amide bonds. The van der Waals surface area contributed by atoms with Crippen molar-refractivity contribution in [2.75, 3.05) is 10.7 Å². The molecule has 4 aromatic rings. The number of hydrazine groups is 1. The van der Waals surface area contributed by atoms with Crippen molar-refractivity contribution in [1.82, 2.24) is 24.7 Å². The summed E-state index contributed by atoms with van der Waals surface area (Å²) in [7, 11) is 1.88. The Morgan fingerprint density at radius 2 is 2.20 bits per heavy atom. The molecule has 0 unspecified atom stereocenters. The molecule has 0 aromatic carbocycles. The van der Waals surface area contributed by atoms with E-state index in [1.54, 1.807) is 17.1 Å². The fraction of sp³-hybridized carbons (Fsp3) is 0.118. The summed E-state index contributed by atoms with van der Waals surface area (Å²) in [5.41, 5.74) is 7.06. The number of nitrogen functional groups attached to an aromatic ring is 1. The topological polar surface area (TPSA) is 109 Å². The average Bonchev–Trinajstić information content (AvgIpc) is 3.25. The molecule has 0 aliphatic heterocycles. The van der Waals surface area contributed by atoms with Crippen molar-refractivity contribution in [3.8, 4) is 11.3 Å². The predicted molar refractivity (Wildman–Crippen MR) is 97.7 cm³/mol. The molecule has 0 bridgehead atoms. The van der Waals surface area contributed by atoms with Gasteiger partial charge in [-0.15, -0.1) is 0 Å². The summed E-state index contributed by atoms with van der Waals surface area (Å²) >= 11 is 0. The zero-order chi connectivity index (χ0) is 17.2. The van der Waals surface area contributed by atoms with Crippen LogP contribution in [0.25, 0.3) is 22.3 Å². The minimum Gasteiger partial charge on any atom is -0.363 e. The molecule has 25 heavy (non-hydrogen) atoms. The minimum atomic E-state index is 0.578. The van der Waals surface area contributed by atoms with Gasteiger partial charge in [-0.2, -0.15) is 5.10 Å². The Balaban J connectivity index is 1.59. The third-order valence-corrected chi connectivity index (χ3v) is 3.95. The first-order valence-corrected chi connectivity index (χ1v) is 7.86. The van der Waals surface area contributed by atoms with E-state index in [-0.39, 0.29) is 0 Å². The summed E-state index contributed by atoms with van der Waals surface area (Å²) in [5.74, 6) is 6.29. The van der Waals surface area contributed by atoms with Crippen LogP contribution >= 0.6 is 0 Å². The Kier molecular flexibility index (Phi) is 3.79. The van der Waals surface area contributed by atoms with Gasteiger partial charge in [0.2, 0.25) is 0 Å². The Morgan fingerprint density at radius 3 is 2.96 bits per heavy atom. The van der Waals surface area contributed by atoms with E-state index in [0.717, 1.165) is 33.7 Å². The number of aryl methyl sites for hydroxylation is 1. The van der Waals surface area contributed by atoms with Crippen LogP contribution in [0.5, 0.6) is 0 Å². The zero-order valence-electron chi connectivity index (χ0n) is 13.7. The number of aromatic amines is 1. The molecule has 126 valence electrons. The second-order valence-electron chi connectivity index (χ2n) is 5.73. The number of nitrogens with one attached hydrogen (secondary N) is 3. The molecule has 0 spiro atoms. The number of rotatable bonds is 5. The SMILES string of the molecule is Cn1cc(-c2ccc(NN)c(NCc3cc4cccnc4[nH]3)n2)cn1. The molecule has 8 nitrogen and oxygen atoms in total. The molecule has 4 heterocycles. The first kappa shape index (κ1) is 15.2. The van der Waals surface area contributed by atoms with Crippen LogP contribution in [-0.4, -0.2) is 24.7 Å². The third-order valence-electron chi connectivity index (χ3n) is 3.95.